The van der Waals surface area contributed by atoms with Crippen LogP contribution in [-0.4, -0.2) is 35.4 Å². The van der Waals surface area contributed by atoms with E-state index >= 15 is 0 Å². The summed E-state index contributed by atoms with van der Waals surface area (Å²) < 4.78 is 5.48. The minimum Gasteiger partial charge on any atom is -0.452 e. The van der Waals surface area contributed by atoms with Gasteiger partial charge >= 0.3 is 5.97 Å². The molecule has 1 amide bonds. The molecule has 150 valence electrons. The molecule has 2 aromatic heterocycles. The van der Waals surface area contributed by atoms with Crippen molar-refractivity contribution in [3.05, 3.63) is 63.5 Å². The number of carbonyl (C=O) groups is 2. The van der Waals surface area contributed by atoms with Crippen molar-refractivity contribution in [2.45, 2.75) is 32.7 Å². The molecule has 5 nitrogen and oxygen atoms in total. The van der Waals surface area contributed by atoms with Crippen LogP contribution in [-0.2, 0) is 28.9 Å². The Morgan fingerprint density at radius 1 is 1.28 bits per heavy atom. The Balaban J connectivity index is 1.55. The average Bonchev–Trinajstić information content (AvgIpc) is 3.23. The Hall–Kier alpha value is -2.73. The van der Waals surface area contributed by atoms with Gasteiger partial charge in [-0.2, -0.15) is 11.3 Å². The van der Waals surface area contributed by atoms with Gasteiger partial charge in [0.2, 0.25) is 0 Å². The molecule has 3 aromatic rings. The number of ether oxygens (including phenoxy) is 1. The lowest BCUT2D eigenvalue weighted by atomic mass is 9.84. The molecule has 1 aliphatic rings. The van der Waals surface area contributed by atoms with Crippen LogP contribution in [0.1, 0.15) is 40.5 Å². The summed E-state index contributed by atoms with van der Waals surface area (Å²) in [4.78, 5) is 31.9. The van der Waals surface area contributed by atoms with Crippen molar-refractivity contribution in [1.29, 1.82) is 0 Å². The van der Waals surface area contributed by atoms with Crippen molar-refractivity contribution in [2.24, 2.45) is 5.92 Å². The van der Waals surface area contributed by atoms with Gasteiger partial charge in [0.15, 0.2) is 6.61 Å². The number of pyridine rings is 1. The predicted molar refractivity (Wildman–Crippen MR) is 114 cm³/mol. The van der Waals surface area contributed by atoms with E-state index in [0.717, 1.165) is 47.0 Å². The minimum atomic E-state index is -0.439. The van der Waals surface area contributed by atoms with Gasteiger partial charge in [0, 0.05) is 24.7 Å². The maximum atomic E-state index is 13.1. The van der Waals surface area contributed by atoms with Gasteiger partial charge < -0.3 is 9.64 Å². The number of benzene rings is 1. The Kier molecular flexibility index (Phi) is 5.62. The van der Waals surface area contributed by atoms with Crippen molar-refractivity contribution >= 4 is 34.1 Å². The number of amides is 1. The molecule has 0 radical (unpaired) electrons. The Morgan fingerprint density at radius 2 is 2.10 bits per heavy atom. The lowest BCUT2D eigenvalue weighted by molar-refractivity contribution is -0.133. The number of carbonyl (C=O) groups excluding carboxylic acids is 2. The second-order valence-electron chi connectivity index (χ2n) is 7.73. The van der Waals surface area contributed by atoms with Crippen LogP contribution < -0.4 is 0 Å². The first kappa shape index (κ1) is 19.6. The standard InChI is InChI=1S/C23H24N2O3S/c1-15-7-8-20-18(11-15)22(17-5-3-4-6-19(17)24-20)23(27)28-13-21(26)25(2)12-16-9-10-29-14-16/h3-6,9-10,14-15H,7-8,11-13H2,1-2H3. The average molecular weight is 409 g/mol. The summed E-state index contributed by atoms with van der Waals surface area (Å²) in [7, 11) is 1.72. The zero-order valence-corrected chi connectivity index (χ0v) is 17.5. The molecule has 0 N–H and O–H groups in total. The molecule has 1 unspecified atom stereocenters. The molecule has 6 heteroatoms. The van der Waals surface area contributed by atoms with Crippen LogP contribution in [0.3, 0.4) is 0 Å². The molecule has 2 heterocycles. The van der Waals surface area contributed by atoms with Crippen molar-refractivity contribution in [2.75, 3.05) is 13.7 Å². The number of thiophene rings is 1. The van der Waals surface area contributed by atoms with Crippen LogP contribution in [0, 0.1) is 5.92 Å². The summed E-state index contributed by atoms with van der Waals surface area (Å²) in [6.45, 7) is 2.43. The van der Waals surface area contributed by atoms with Crippen molar-refractivity contribution in [3.63, 3.8) is 0 Å². The van der Waals surface area contributed by atoms with E-state index in [0.29, 0.717) is 18.0 Å². The molecule has 0 aliphatic heterocycles. The number of nitrogens with zero attached hydrogens (tertiary/aromatic N) is 2. The number of aromatic nitrogens is 1. The monoisotopic (exact) mass is 408 g/mol. The molecular formula is C23H24N2O3S. The maximum absolute atomic E-state index is 13.1. The Bertz CT molecular complexity index is 1050. The minimum absolute atomic E-state index is 0.217. The van der Waals surface area contributed by atoms with Gasteiger partial charge in [-0.25, -0.2) is 4.79 Å². The fourth-order valence-corrected chi connectivity index (χ4v) is 4.51. The Labute approximate surface area is 174 Å². The van der Waals surface area contributed by atoms with Gasteiger partial charge in [-0.15, -0.1) is 0 Å². The summed E-state index contributed by atoms with van der Waals surface area (Å²) in [5.74, 6) is -0.160. The van der Waals surface area contributed by atoms with Gasteiger partial charge in [-0.05, 0) is 59.2 Å². The quantitative estimate of drug-likeness (QED) is 0.593. The second-order valence-corrected chi connectivity index (χ2v) is 8.51. The normalized spacial score (nSPS) is 15.7. The van der Waals surface area contributed by atoms with Crippen molar-refractivity contribution < 1.29 is 14.3 Å². The van der Waals surface area contributed by atoms with E-state index in [4.69, 9.17) is 9.72 Å². The molecule has 0 saturated carbocycles. The number of fused-ring (bicyclic) bond motifs is 2. The number of hydrogen-bond acceptors (Lipinski definition) is 5. The van der Waals surface area contributed by atoms with Crippen LogP contribution in [0.4, 0.5) is 0 Å². The number of hydrogen-bond donors (Lipinski definition) is 0. The predicted octanol–water partition coefficient (Wildman–Crippen LogP) is 4.24. The second kappa shape index (κ2) is 8.33. The molecule has 0 saturated heterocycles. The summed E-state index contributed by atoms with van der Waals surface area (Å²) >= 11 is 1.59. The first-order valence-corrected chi connectivity index (χ1v) is 10.8. The third kappa shape index (κ3) is 4.17. The van der Waals surface area contributed by atoms with Gasteiger partial charge in [-0.3, -0.25) is 9.78 Å². The summed E-state index contributed by atoms with van der Waals surface area (Å²) in [5, 5.41) is 4.78. The molecule has 1 aliphatic carbocycles. The highest BCUT2D eigenvalue weighted by Crippen LogP contribution is 2.32. The molecule has 0 fully saturated rings. The maximum Gasteiger partial charge on any atom is 0.339 e. The number of esters is 1. The number of rotatable bonds is 5. The molecule has 1 atom stereocenters. The van der Waals surface area contributed by atoms with E-state index in [1.165, 1.54) is 0 Å². The van der Waals surface area contributed by atoms with Gasteiger partial charge in [0.1, 0.15) is 0 Å². The first-order valence-electron chi connectivity index (χ1n) is 9.85. The number of para-hydroxylation sites is 1. The van der Waals surface area contributed by atoms with E-state index in [2.05, 4.69) is 6.92 Å². The lowest BCUT2D eigenvalue weighted by Crippen LogP contribution is -2.31. The fraction of sp³-hybridized carbons (Fsp3) is 0.348. The van der Waals surface area contributed by atoms with E-state index < -0.39 is 5.97 Å². The van der Waals surface area contributed by atoms with E-state index in [1.807, 2.05) is 41.1 Å². The highest BCUT2D eigenvalue weighted by molar-refractivity contribution is 7.07. The Morgan fingerprint density at radius 3 is 2.90 bits per heavy atom. The first-order chi connectivity index (χ1) is 14.0. The zero-order chi connectivity index (χ0) is 20.4. The third-order valence-electron chi connectivity index (χ3n) is 5.46. The topological polar surface area (TPSA) is 59.5 Å². The highest BCUT2D eigenvalue weighted by atomic mass is 32.1. The van der Waals surface area contributed by atoms with Crippen LogP contribution in [0.15, 0.2) is 41.1 Å². The lowest BCUT2D eigenvalue weighted by Gasteiger charge is -2.24. The van der Waals surface area contributed by atoms with Crippen LogP contribution in [0.5, 0.6) is 0 Å². The largest absolute Gasteiger partial charge is 0.452 e. The fourth-order valence-electron chi connectivity index (χ4n) is 3.85. The van der Waals surface area contributed by atoms with Crippen LogP contribution >= 0.6 is 11.3 Å². The summed E-state index contributed by atoms with van der Waals surface area (Å²) in [5.41, 5.74) is 4.40. The molecular weight excluding hydrogens is 384 g/mol. The van der Waals surface area contributed by atoms with E-state index in [-0.39, 0.29) is 12.5 Å². The van der Waals surface area contributed by atoms with Crippen LogP contribution in [0.25, 0.3) is 10.9 Å². The third-order valence-corrected chi connectivity index (χ3v) is 6.19. The van der Waals surface area contributed by atoms with Crippen molar-refractivity contribution in [3.8, 4) is 0 Å². The zero-order valence-electron chi connectivity index (χ0n) is 16.7. The van der Waals surface area contributed by atoms with E-state index in [1.54, 1.807) is 23.3 Å². The summed E-state index contributed by atoms with van der Waals surface area (Å²) in [6, 6.07) is 9.63. The van der Waals surface area contributed by atoms with Gasteiger partial charge in [0.25, 0.3) is 5.91 Å². The van der Waals surface area contributed by atoms with Crippen LogP contribution in [0.2, 0.25) is 0 Å². The summed E-state index contributed by atoms with van der Waals surface area (Å²) in [6.07, 6.45) is 2.74. The molecule has 0 spiro atoms. The van der Waals surface area contributed by atoms with E-state index in [9.17, 15) is 9.59 Å². The molecule has 1 aromatic carbocycles. The molecule has 0 bridgehead atoms. The highest BCUT2D eigenvalue weighted by Gasteiger charge is 2.26. The SMILES string of the molecule is CC1CCc2nc3ccccc3c(C(=O)OCC(=O)N(C)Cc3ccsc3)c2C1. The molecule has 4 rings (SSSR count). The van der Waals surface area contributed by atoms with Gasteiger partial charge in [-0.1, -0.05) is 25.1 Å². The van der Waals surface area contributed by atoms with Gasteiger partial charge in [0.05, 0.1) is 11.1 Å². The number of aryl methyl sites for hydroxylation is 1. The number of likely N-dealkylation sites (N-methyl/N-ethyl adjacent to an activating group) is 1. The molecule has 29 heavy (non-hydrogen) atoms. The smallest absolute Gasteiger partial charge is 0.339 e. The van der Waals surface area contributed by atoms with Crippen molar-refractivity contribution in [1.82, 2.24) is 9.88 Å².